The van der Waals surface area contributed by atoms with E-state index in [1.54, 1.807) is 18.5 Å². The topological polar surface area (TPSA) is 120 Å². The van der Waals surface area contributed by atoms with E-state index in [-0.39, 0.29) is 17.3 Å². The van der Waals surface area contributed by atoms with E-state index in [1.807, 2.05) is 18.2 Å². The summed E-state index contributed by atoms with van der Waals surface area (Å²) in [7, 11) is 0. The Bertz CT molecular complexity index is 831. The highest BCUT2D eigenvalue weighted by Crippen LogP contribution is 2.31. The molecular weight excluding hydrogens is 272 g/mol. The number of benzene rings is 1. The maximum absolute atomic E-state index is 11.1. The molecule has 3 aromatic rings. The van der Waals surface area contributed by atoms with Gasteiger partial charge in [0, 0.05) is 28.9 Å². The third-order valence-electron chi connectivity index (χ3n) is 2.97. The summed E-state index contributed by atoms with van der Waals surface area (Å²) in [5, 5.41) is 15.8. The summed E-state index contributed by atoms with van der Waals surface area (Å²) in [6, 6.07) is 7.33. The van der Waals surface area contributed by atoms with Crippen LogP contribution in [0, 0.1) is 10.1 Å². The van der Waals surface area contributed by atoms with Crippen molar-refractivity contribution in [3.8, 4) is 0 Å². The second kappa shape index (κ2) is 5.00. The Morgan fingerprint density at radius 3 is 2.90 bits per heavy atom. The number of nitrogens with zero attached hydrogens (tertiary/aromatic N) is 4. The fourth-order valence-electron chi connectivity index (χ4n) is 2.02. The minimum atomic E-state index is -0.607. The van der Waals surface area contributed by atoms with Crippen molar-refractivity contribution in [1.82, 2.24) is 15.0 Å². The van der Waals surface area contributed by atoms with Gasteiger partial charge in [-0.3, -0.25) is 15.1 Å². The zero-order valence-electron chi connectivity index (χ0n) is 10.7. The molecule has 0 aliphatic heterocycles. The first-order valence-electron chi connectivity index (χ1n) is 6.01. The van der Waals surface area contributed by atoms with Crippen molar-refractivity contribution in [2.75, 3.05) is 11.1 Å². The van der Waals surface area contributed by atoms with Crippen LogP contribution in [0.15, 0.2) is 43.0 Å². The van der Waals surface area contributed by atoms with Gasteiger partial charge in [-0.25, -0.2) is 9.97 Å². The van der Waals surface area contributed by atoms with Gasteiger partial charge in [0.05, 0.1) is 4.92 Å². The predicted molar refractivity (Wildman–Crippen MR) is 78.1 cm³/mol. The van der Waals surface area contributed by atoms with Gasteiger partial charge < -0.3 is 11.1 Å². The number of nitrogen functional groups attached to an aromatic ring is 1. The van der Waals surface area contributed by atoms with Gasteiger partial charge >= 0.3 is 5.69 Å². The Balaban J connectivity index is 2.12. The lowest BCUT2D eigenvalue weighted by atomic mass is 10.1. The molecule has 0 radical (unpaired) electrons. The summed E-state index contributed by atoms with van der Waals surface area (Å²) in [5.41, 5.74) is 5.88. The molecule has 0 bridgehead atoms. The van der Waals surface area contributed by atoms with Gasteiger partial charge in [-0.15, -0.1) is 0 Å². The number of pyridine rings is 1. The van der Waals surface area contributed by atoms with Crippen LogP contribution in [0.1, 0.15) is 0 Å². The van der Waals surface area contributed by atoms with Crippen LogP contribution in [0.3, 0.4) is 0 Å². The zero-order valence-corrected chi connectivity index (χ0v) is 10.7. The molecule has 0 spiro atoms. The second-order valence-electron chi connectivity index (χ2n) is 4.24. The summed E-state index contributed by atoms with van der Waals surface area (Å²) < 4.78 is 0. The first-order valence-corrected chi connectivity index (χ1v) is 6.01. The Morgan fingerprint density at radius 2 is 2.10 bits per heavy atom. The number of hydrogen-bond acceptors (Lipinski definition) is 7. The molecule has 0 saturated carbocycles. The standard InChI is InChI=1S/C13H10N6O2/c14-12-11(19(20)21)13(17-7-16-12)18-10-3-1-2-8-6-15-5-4-9(8)10/h1-7H,(H3,14,16,17,18). The molecule has 8 nitrogen and oxygen atoms in total. The number of nitrogens with two attached hydrogens (primary N) is 1. The Labute approximate surface area is 118 Å². The Hall–Kier alpha value is -3.29. The Kier molecular flexibility index (Phi) is 3.03. The van der Waals surface area contributed by atoms with Crippen LogP contribution in [-0.4, -0.2) is 19.9 Å². The number of anilines is 3. The molecule has 2 aromatic heterocycles. The third kappa shape index (κ3) is 2.29. The van der Waals surface area contributed by atoms with Gasteiger partial charge in [0.15, 0.2) is 0 Å². The molecule has 0 aliphatic carbocycles. The van der Waals surface area contributed by atoms with E-state index in [4.69, 9.17) is 5.73 Å². The van der Waals surface area contributed by atoms with E-state index >= 15 is 0 Å². The van der Waals surface area contributed by atoms with E-state index in [9.17, 15) is 10.1 Å². The summed E-state index contributed by atoms with van der Waals surface area (Å²) in [6.45, 7) is 0. The highest BCUT2D eigenvalue weighted by atomic mass is 16.6. The highest BCUT2D eigenvalue weighted by molar-refractivity contribution is 5.95. The number of rotatable bonds is 3. The molecule has 0 aliphatic rings. The normalized spacial score (nSPS) is 10.5. The van der Waals surface area contributed by atoms with Crippen LogP contribution in [0.2, 0.25) is 0 Å². The predicted octanol–water partition coefficient (Wildman–Crippen LogP) is 2.26. The summed E-state index contributed by atoms with van der Waals surface area (Å²) >= 11 is 0. The van der Waals surface area contributed by atoms with Crippen LogP contribution in [0.4, 0.5) is 23.0 Å². The fraction of sp³-hybridized carbons (Fsp3) is 0. The monoisotopic (exact) mass is 282 g/mol. The lowest BCUT2D eigenvalue weighted by Crippen LogP contribution is -2.05. The van der Waals surface area contributed by atoms with E-state index < -0.39 is 4.92 Å². The fourth-order valence-corrected chi connectivity index (χ4v) is 2.02. The minimum absolute atomic E-state index is 0.0526. The zero-order chi connectivity index (χ0) is 14.8. The number of fused-ring (bicyclic) bond motifs is 1. The van der Waals surface area contributed by atoms with Crippen LogP contribution in [0.5, 0.6) is 0 Å². The molecule has 0 atom stereocenters. The first kappa shape index (κ1) is 12.7. The highest BCUT2D eigenvalue weighted by Gasteiger charge is 2.21. The lowest BCUT2D eigenvalue weighted by Gasteiger charge is -2.09. The van der Waals surface area contributed by atoms with Crippen molar-refractivity contribution >= 4 is 33.8 Å². The SMILES string of the molecule is Nc1ncnc(Nc2cccc3cnccc23)c1[N+](=O)[O-]. The number of hydrogen-bond donors (Lipinski definition) is 2. The summed E-state index contributed by atoms with van der Waals surface area (Å²) in [4.78, 5) is 22.1. The van der Waals surface area contributed by atoms with Crippen molar-refractivity contribution < 1.29 is 4.92 Å². The summed E-state index contributed by atoms with van der Waals surface area (Å²) in [6.07, 6.45) is 4.54. The van der Waals surface area contributed by atoms with Gasteiger partial charge in [0.1, 0.15) is 6.33 Å². The second-order valence-corrected chi connectivity index (χ2v) is 4.24. The molecule has 0 fully saturated rings. The molecule has 0 unspecified atom stereocenters. The number of nitrogens with one attached hydrogen (secondary N) is 1. The average molecular weight is 282 g/mol. The van der Waals surface area contributed by atoms with E-state index in [1.165, 1.54) is 6.33 Å². The van der Waals surface area contributed by atoms with Crippen LogP contribution in [0.25, 0.3) is 10.8 Å². The van der Waals surface area contributed by atoms with Gasteiger partial charge in [0.2, 0.25) is 11.6 Å². The molecule has 104 valence electrons. The molecule has 3 rings (SSSR count). The van der Waals surface area contributed by atoms with Gasteiger partial charge in [-0.05, 0) is 12.1 Å². The largest absolute Gasteiger partial charge is 0.378 e. The van der Waals surface area contributed by atoms with Crippen molar-refractivity contribution in [2.45, 2.75) is 0 Å². The number of aromatic nitrogens is 3. The summed E-state index contributed by atoms with van der Waals surface area (Å²) in [5.74, 6) is -0.129. The molecule has 8 heteroatoms. The Morgan fingerprint density at radius 1 is 1.24 bits per heavy atom. The molecule has 0 saturated heterocycles. The molecule has 2 heterocycles. The van der Waals surface area contributed by atoms with E-state index in [0.29, 0.717) is 5.69 Å². The maximum Gasteiger partial charge on any atom is 0.353 e. The van der Waals surface area contributed by atoms with Crippen molar-refractivity contribution in [3.05, 3.63) is 53.1 Å². The minimum Gasteiger partial charge on any atom is -0.378 e. The van der Waals surface area contributed by atoms with Crippen LogP contribution < -0.4 is 11.1 Å². The molecule has 0 amide bonds. The lowest BCUT2D eigenvalue weighted by molar-refractivity contribution is -0.383. The van der Waals surface area contributed by atoms with Gasteiger partial charge in [-0.2, -0.15) is 0 Å². The van der Waals surface area contributed by atoms with Crippen molar-refractivity contribution in [3.63, 3.8) is 0 Å². The van der Waals surface area contributed by atoms with Crippen LogP contribution in [-0.2, 0) is 0 Å². The molecule has 21 heavy (non-hydrogen) atoms. The van der Waals surface area contributed by atoms with E-state index in [0.717, 1.165) is 10.8 Å². The first-order chi connectivity index (χ1) is 10.2. The number of nitro groups is 1. The third-order valence-corrected chi connectivity index (χ3v) is 2.97. The van der Waals surface area contributed by atoms with Crippen molar-refractivity contribution in [1.29, 1.82) is 0 Å². The van der Waals surface area contributed by atoms with Crippen molar-refractivity contribution in [2.24, 2.45) is 0 Å². The van der Waals surface area contributed by atoms with Gasteiger partial charge in [-0.1, -0.05) is 12.1 Å². The molecular formula is C13H10N6O2. The van der Waals surface area contributed by atoms with Crippen LogP contribution >= 0.6 is 0 Å². The van der Waals surface area contributed by atoms with Gasteiger partial charge in [0.25, 0.3) is 0 Å². The molecule has 1 aromatic carbocycles. The quantitative estimate of drug-likeness (QED) is 0.558. The maximum atomic E-state index is 11.1. The molecule has 3 N–H and O–H groups in total. The smallest absolute Gasteiger partial charge is 0.353 e. The average Bonchev–Trinajstić information content (AvgIpc) is 2.47. The van der Waals surface area contributed by atoms with E-state index in [2.05, 4.69) is 20.3 Å².